The number of unbranched alkanes of at least 4 members (excludes halogenated alkanes) is 20. The minimum absolute atomic E-state index is 0.100. The van der Waals surface area contributed by atoms with Crippen molar-refractivity contribution in [2.45, 2.75) is 219 Å². The number of esters is 3. The monoisotopic (exact) mass is 821 g/mol. The van der Waals surface area contributed by atoms with Crippen LogP contribution in [-0.2, 0) is 28.6 Å². The molecule has 0 amide bonds. The van der Waals surface area contributed by atoms with Crippen molar-refractivity contribution < 1.29 is 28.6 Å². The highest BCUT2D eigenvalue weighted by molar-refractivity contribution is 5.71. The van der Waals surface area contributed by atoms with Crippen LogP contribution in [-0.4, -0.2) is 37.2 Å². The van der Waals surface area contributed by atoms with E-state index in [-0.39, 0.29) is 37.5 Å². The molecule has 0 aromatic rings. The van der Waals surface area contributed by atoms with E-state index >= 15 is 0 Å². The maximum Gasteiger partial charge on any atom is 0.306 e. The van der Waals surface area contributed by atoms with Crippen molar-refractivity contribution in [1.82, 2.24) is 0 Å². The van der Waals surface area contributed by atoms with Gasteiger partial charge in [0, 0.05) is 19.3 Å². The van der Waals surface area contributed by atoms with Gasteiger partial charge in [0.2, 0.25) is 0 Å². The molecule has 0 radical (unpaired) electrons. The van der Waals surface area contributed by atoms with E-state index in [1.54, 1.807) is 0 Å². The van der Waals surface area contributed by atoms with Crippen molar-refractivity contribution in [3.05, 3.63) is 85.1 Å². The lowest BCUT2D eigenvalue weighted by atomic mass is 10.1. The van der Waals surface area contributed by atoms with Crippen molar-refractivity contribution >= 4 is 17.9 Å². The Labute approximate surface area is 363 Å². The molecule has 0 spiro atoms. The van der Waals surface area contributed by atoms with Crippen molar-refractivity contribution in [2.24, 2.45) is 0 Å². The number of ether oxygens (including phenoxy) is 3. The molecule has 0 N–H and O–H groups in total. The maximum atomic E-state index is 12.7. The summed E-state index contributed by atoms with van der Waals surface area (Å²) in [5, 5.41) is 0. The largest absolute Gasteiger partial charge is 0.462 e. The standard InChI is InChI=1S/C53H88O6/c1-4-7-10-13-16-19-22-24-25-26-27-29-31-34-37-40-43-46-52(55)58-49-50(48-57-51(54)45-42-39-36-33-30-21-18-15-12-9-6-3)59-53(56)47-44-41-38-35-32-28-23-20-17-14-11-8-5-2/h8,11,14-20,23-25,28,32,50H,4-7,9-10,12-13,21-22,26-27,29-31,33-49H2,1-3H3/b11-8-,17-14-,18-15-,19-16-,23-20-,25-24-,32-28-. The van der Waals surface area contributed by atoms with Crippen LogP contribution >= 0.6 is 0 Å². The van der Waals surface area contributed by atoms with Crippen LogP contribution in [0, 0.1) is 0 Å². The van der Waals surface area contributed by atoms with Crippen LogP contribution in [0.15, 0.2) is 85.1 Å². The van der Waals surface area contributed by atoms with Gasteiger partial charge >= 0.3 is 17.9 Å². The first-order chi connectivity index (χ1) is 29.0. The van der Waals surface area contributed by atoms with Gasteiger partial charge in [0.1, 0.15) is 13.2 Å². The molecule has 6 nitrogen and oxygen atoms in total. The summed E-state index contributed by atoms with van der Waals surface area (Å²) in [4.78, 5) is 37.8. The Hall–Kier alpha value is -3.41. The van der Waals surface area contributed by atoms with Crippen molar-refractivity contribution in [1.29, 1.82) is 0 Å². The summed E-state index contributed by atoms with van der Waals surface area (Å²) >= 11 is 0. The second-order valence-corrected chi connectivity index (χ2v) is 15.7. The van der Waals surface area contributed by atoms with E-state index in [4.69, 9.17) is 14.2 Å². The van der Waals surface area contributed by atoms with E-state index in [9.17, 15) is 14.4 Å². The Kier molecular flexibility index (Phi) is 44.5. The molecule has 0 aliphatic rings. The predicted molar refractivity (Wildman–Crippen MR) is 251 cm³/mol. The van der Waals surface area contributed by atoms with Crippen LogP contribution in [0.5, 0.6) is 0 Å². The fraction of sp³-hybridized carbons (Fsp3) is 0.679. The molecule has 0 aliphatic carbocycles. The quantitative estimate of drug-likeness (QED) is 0.0201. The van der Waals surface area contributed by atoms with E-state index in [1.807, 2.05) is 36.5 Å². The third-order valence-electron chi connectivity index (χ3n) is 9.95. The first kappa shape index (κ1) is 55.6. The number of hydrogen-bond acceptors (Lipinski definition) is 6. The Morgan fingerprint density at radius 1 is 0.373 bits per heavy atom. The number of carbonyl (C=O) groups is 3. The van der Waals surface area contributed by atoms with Crippen LogP contribution in [0.4, 0.5) is 0 Å². The highest BCUT2D eigenvalue weighted by Gasteiger charge is 2.19. The smallest absolute Gasteiger partial charge is 0.306 e. The van der Waals surface area contributed by atoms with Gasteiger partial charge in [0.25, 0.3) is 0 Å². The van der Waals surface area contributed by atoms with Gasteiger partial charge in [-0.25, -0.2) is 0 Å². The molecule has 0 rings (SSSR count). The summed E-state index contributed by atoms with van der Waals surface area (Å²) in [5.74, 6) is -0.962. The molecule has 0 heterocycles. The molecule has 59 heavy (non-hydrogen) atoms. The highest BCUT2D eigenvalue weighted by atomic mass is 16.6. The van der Waals surface area contributed by atoms with Crippen molar-refractivity contribution in [3.63, 3.8) is 0 Å². The fourth-order valence-electron chi connectivity index (χ4n) is 6.29. The van der Waals surface area contributed by atoms with Gasteiger partial charge in [-0.05, 0) is 89.9 Å². The Balaban J connectivity index is 4.44. The molecule has 0 bridgehead atoms. The zero-order chi connectivity index (χ0) is 43.0. The molecule has 0 saturated carbocycles. The average molecular weight is 821 g/mol. The molecule has 0 fully saturated rings. The molecular weight excluding hydrogens is 733 g/mol. The SMILES string of the molecule is CC\C=C/C=C\C=C/C=C\CCCCCC(=O)OC(COC(=O)CCCCCCC/C=C\CCCC)COC(=O)CCCCCCCCC/C=C\C/C=C\CCCCC. The van der Waals surface area contributed by atoms with Gasteiger partial charge in [0.15, 0.2) is 6.10 Å². The minimum Gasteiger partial charge on any atom is -0.462 e. The lowest BCUT2D eigenvalue weighted by molar-refractivity contribution is -0.167. The molecule has 0 saturated heterocycles. The van der Waals surface area contributed by atoms with Gasteiger partial charge in [-0.3, -0.25) is 14.4 Å². The van der Waals surface area contributed by atoms with Gasteiger partial charge in [-0.2, -0.15) is 0 Å². The summed E-state index contributed by atoms with van der Waals surface area (Å²) in [7, 11) is 0. The van der Waals surface area contributed by atoms with E-state index in [0.717, 1.165) is 89.9 Å². The fourth-order valence-corrected chi connectivity index (χ4v) is 6.29. The van der Waals surface area contributed by atoms with Crippen LogP contribution in [0.1, 0.15) is 213 Å². The minimum atomic E-state index is -0.802. The van der Waals surface area contributed by atoms with E-state index in [1.165, 1.54) is 77.0 Å². The summed E-state index contributed by atoms with van der Waals surface area (Å²) in [5.41, 5.74) is 0. The van der Waals surface area contributed by atoms with E-state index in [0.29, 0.717) is 19.3 Å². The second kappa shape index (κ2) is 47.3. The van der Waals surface area contributed by atoms with Crippen molar-refractivity contribution in [3.8, 4) is 0 Å². The predicted octanol–water partition coefficient (Wildman–Crippen LogP) is 15.6. The molecule has 0 aromatic heterocycles. The van der Waals surface area contributed by atoms with Crippen LogP contribution in [0.25, 0.3) is 0 Å². The lowest BCUT2D eigenvalue weighted by Gasteiger charge is -2.18. The van der Waals surface area contributed by atoms with Gasteiger partial charge in [0.05, 0.1) is 0 Å². The number of allylic oxidation sites excluding steroid dienone is 14. The van der Waals surface area contributed by atoms with E-state index in [2.05, 4.69) is 69.4 Å². The molecule has 1 unspecified atom stereocenters. The van der Waals surface area contributed by atoms with Crippen LogP contribution < -0.4 is 0 Å². The number of hydrogen-bond donors (Lipinski definition) is 0. The third-order valence-corrected chi connectivity index (χ3v) is 9.95. The lowest BCUT2D eigenvalue weighted by Crippen LogP contribution is -2.30. The summed E-state index contributed by atoms with van der Waals surface area (Å²) < 4.78 is 16.7. The zero-order valence-corrected chi connectivity index (χ0v) is 38.2. The summed E-state index contributed by atoms with van der Waals surface area (Å²) in [6.07, 6.45) is 59.9. The summed E-state index contributed by atoms with van der Waals surface area (Å²) in [6, 6.07) is 0. The molecule has 1 atom stereocenters. The molecule has 0 aliphatic heterocycles. The maximum absolute atomic E-state index is 12.7. The van der Waals surface area contributed by atoms with Crippen LogP contribution in [0.3, 0.4) is 0 Å². The number of rotatable bonds is 42. The Bertz CT molecular complexity index is 1170. The van der Waals surface area contributed by atoms with Crippen LogP contribution in [0.2, 0.25) is 0 Å². The van der Waals surface area contributed by atoms with Gasteiger partial charge in [-0.15, -0.1) is 0 Å². The van der Waals surface area contributed by atoms with E-state index < -0.39 is 6.10 Å². The first-order valence-corrected chi connectivity index (χ1v) is 24.1. The molecule has 336 valence electrons. The molecule has 6 heteroatoms. The first-order valence-electron chi connectivity index (χ1n) is 24.1. The Morgan fingerprint density at radius 3 is 1.25 bits per heavy atom. The van der Waals surface area contributed by atoms with Crippen molar-refractivity contribution in [2.75, 3.05) is 13.2 Å². The van der Waals surface area contributed by atoms with Gasteiger partial charge < -0.3 is 14.2 Å². The Morgan fingerprint density at radius 2 is 0.746 bits per heavy atom. The zero-order valence-electron chi connectivity index (χ0n) is 38.2. The molecule has 0 aromatic carbocycles. The number of carbonyl (C=O) groups excluding carboxylic acids is 3. The highest BCUT2D eigenvalue weighted by Crippen LogP contribution is 2.13. The average Bonchev–Trinajstić information content (AvgIpc) is 3.23. The molecular formula is C53H88O6. The normalized spacial score (nSPS) is 12.8. The van der Waals surface area contributed by atoms with Gasteiger partial charge in [-0.1, -0.05) is 189 Å². The topological polar surface area (TPSA) is 78.9 Å². The second-order valence-electron chi connectivity index (χ2n) is 15.7. The third kappa shape index (κ3) is 45.5. The summed E-state index contributed by atoms with van der Waals surface area (Å²) in [6.45, 7) is 6.37.